The SMILES string of the molecule is O=C(Nc1ccccc1F)N1CCSC1c1ccco1. The number of nitrogens with zero attached hydrogens (tertiary/aromatic N) is 1. The fourth-order valence-corrected chi connectivity index (χ4v) is 3.30. The van der Waals surface area contributed by atoms with Crippen molar-refractivity contribution in [2.45, 2.75) is 5.37 Å². The predicted molar refractivity (Wildman–Crippen MR) is 76.0 cm³/mol. The van der Waals surface area contributed by atoms with Crippen LogP contribution in [0.2, 0.25) is 0 Å². The van der Waals surface area contributed by atoms with E-state index in [4.69, 9.17) is 4.42 Å². The second-order valence-electron chi connectivity index (χ2n) is 4.34. The highest BCUT2D eigenvalue weighted by molar-refractivity contribution is 7.99. The average molecular weight is 292 g/mol. The molecule has 0 saturated carbocycles. The standard InChI is InChI=1S/C14H13FN2O2S/c15-10-4-1-2-5-11(10)16-14(18)17-7-9-20-13(17)12-6-3-8-19-12/h1-6,8,13H,7,9H2,(H,16,18). The molecule has 1 atom stereocenters. The summed E-state index contributed by atoms with van der Waals surface area (Å²) in [5.41, 5.74) is 0.188. The summed E-state index contributed by atoms with van der Waals surface area (Å²) in [5.74, 6) is 1.12. The van der Waals surface area contributed by atoms with Crippen LogP contribution < -0.4 is 5.32 Å². The van der Waals surface area contributed by atoms with E-state index in [-0.39, 0.29) is 17.1 Å². The highest BCUT2D eigenvalue weighted by atomic mass is 32.2. The Morgan fingerprint density at radius 2 is 2.20 bits per heavy atom. The second-order valence-corrected chi connectivity index (χ2v) is 5.53. The molecule has 4 nitrogen and oxygen atoms in total. The van der Waals surface area contributed by atoms with Crippen molar-refractivity contribution in [1.82, 2.24) is 4.90 Å². The molecule has 104 valence electrons. The molecule has 1 fully saturated rings. The van der Waals surface area contributed by atoms with Crippen LogP contribution in [-0.4, -0.2) is 23.2 Å². The van der Waals surface area contributed by atoms with Crippen LogP contribution in [0.25, 0.3) is 0 Å². The number of anilines is 1. The van der Waals surface area contributed by atoms with Crippen molar-refractivity contribution in [3.63, 3.8) is 0 Å². The van der Waals surface area contributed by atoms with Gasteiger partial charge in [0, 0.05) is 12.3 Å². The number of nitrogens with one attached hydrogen (secondary N) is 1. The monoisotopic (exact) mass is 292 g/mol. The molecular weight excluding hydrogens is 279 g/mol. The van der Waals surface area contributed by atoms with Gasteiger partial charge in [-0.1, -0.05) is 12.1 Å². The van der Waals surface area contributed by atoms with E-state index in [0.717, 1.165) is 11.5 Å². The molecule has 2 amide bonds. The Labute approximate surface area is 119 Å². The van der Waals surface area contributed by atoms with Crippen LogP contribution in [0.4, 0.5) is 14.9 Å². The number of furan rings is 1. The van der Waals surface area contributed by atoms with Crippen LogP contribution in [0.3, 0.4) is 0 Å². The van der Waals surface area contributed by atoms with Crippen LogP contribution in [0.1, 0.15) is 11.1 Å². The number of carbonyl (C=O) groups excluding carboxylic acids is 1. The minimum absolute atomic E-state index is 0.156. The molecule has 1 aliphatic rings. The molecule has 1 aromatic heterocycles. The number of rotatable bonds is 2. The van der Waals surface area contributed by atoms with Gasteiger partial charge in [-0.05, 0) is 24.3 Å². The molecule has 1 N–H and O–H groups in total. The maximum Gasteiger partial charge on any atom is 0.323 e. The number of amides is 2. The Hall–Kier alpha value is -1.95. The van der Waals surface area contributed by atoms with E-state index in [0.29, 0.717) is 6.54 Å². The van der Waals surface area contributed by atoms with Crippen LogP contribution >= 0.6 is 11.8 Å². The molecule has 1 aliphatic heterocycles. The summed E-state index contributed by atoms with van der Waals surface area (Å²) in [6, 6.07) is 9.44. The summed E-state index contributed by atoms with van der Waals surface area (Å²) in [7, 11) is 0. The molecule has 2 aromatic rings. The Bertz CT molecular complexity index is 603. The smallest absolute Gasteiger partial charge is 0.323 e. The van der Waals surface area contributed by atoms with Crippen molar-refractivity contribution in [1.29, 1.82) is 0 Å². The number of thioether (sulfide) groups is 1. The number of hydrogen-bond donors (Lipinski definition) is 1. The second kappa shape index (κ2) is 5.58. The minimum atomic E-state index is -0.442. The van der Waals surface area contributed by atoms with Gasteiger partial charge in [-0.3, -0.25) is 0 Å². The highest BCUT2D eigenvalue weighted by Gasteiger charge is 2.32. The normalized spacial score (nSPS) is 18.2. The van der Waals surface area contributed by atoms with Crippen molar-refractivity contribution in [3.8, 4) is 0 Å². The minimum Gasteiger partial charge on any atom is -0.466 e. The Morgan fingerprint density at radius 1 is 1.35 bits per heavy atom. The molecule has 1 unspecified atom stereocenters. The van der Waals surface area contributed by atoms with Crippen LogP contribution in [-0.2, 0) is 0 Å². The van der Waals surface area contributed by atoms with Gasteiger partial charge in [0.05, 0.1) is 12.0 Å². The van der Waals surface area contributed by atoms with Gasteiger partial charge in [0.1, 0.15) is 17.0 Å². The van der Waals surface area contributed by atoms with E-state index in [9.17, 15) is 9.18 Å². The highest BCUT2D eigenvalue weighted by Crippen LogP contribution is 2.38. The summed E-state index contributed by atoms with van der Waals surface area (Å²) < 4.78 is 18.9. The van der Waals surface area contributed by atoms with Gasteiger partial charge in [-0.25, -0.2) is 9.18 Å². The molecular formula is C14H13FN2O2S. The molecule has 2 heterocycles. The third-order valence-corrected chi connectivity index (χ3v) is 4.27. The van der Waals surface area contributed by atoms with E-state index in [1.54, 1.807) is 47.2 Å². The van der Waals surface area contributed by atoms with Crippen LogP contribution in [0.15, 0.2) is 47.1 Å². The molecule has 0 spiro atoms. The number of para-hydroxylation sites is 1. The number of carbonyl (C=O) groups is 1. The first-order chi connectivity index (χ1) is 9.75. The topological polar surface area (TPSA) is 45.5 Å². The van der Waals surface area contributed by atoms with Crippen molar-refractivity contribution in [2.24, 2.45) is 0 Å². The number of hydrogen-bond acceptors (Lipinski definition) is 3. The van der Waals surface area contributed by atoms with Gasteiger partial charge < -0.3 is 14.6 Å². The first kappa shape index (κ1) is 13.1. The van der Waals surface area contributed by atoms with Crippen molar-refractivity contribution in [3.05, 3.63) is 54.2 Å². The summed E-state index contributed by atoms with van der Waals surface area (Å²) in [5, 5.41) is 2.45. The molecule has 6 heteroatoms. The third kappa shape index (κ3) is 2.51. The van der Waals surface area contributed by atoms with Crippen molar-refractivity contribution >= 4 is 23.5 Å². The van der Waals surface area contributed by atoms with E-state index >= 15 is 0 Å². The Kier molecular flexibility index (Phi) is 3.64. The fourth-order valence-electron chi connectivity index (χ4n) is 2.10. The lowest BCUT2D eigenvalue weighted by Crippen LogP contribution is -2.34. The summed E-state index contributed by atoms with van der Waals surface area (Å²) in [6.07, 6.45) is 1.58. The summed E-state index contributed by atoms with van der Waals surface area (Å²) in [4.78, 5) is 13.9. The Morgan fingerprint density at radius 3 is 2.95 bits per heavy atom. The number of urea groups is 1. The van der Waals surface area contributed by atoms with E-state index in [1.165, 1.54) is 6.07 Å². The first-order valence-electron chi connectivity index (χ1n) is 6.23. The maximum absolute atomic E-state index is 13.6. The van der Waals surface area contributed by atoms with E-state index in [2.05, 4.69) is 5.32 Å². The van der Waals surface area contributed by atoms with Gasteiger partial charge in [0.25, 0.3) is 0 Å². The van der Waals surface area contributed by atoms with Gasteiger partial charge in [0.2, 0.25) is 0 Å². The fraction of sp³-hybridized carbons (Fsp3) is 0.214. The predicted octanol–water partition coefficient (Wildman–Crippen LogP) is 3.70. The zero-order chi connectivity index (χ0) is 13.9. The van der Waals surface area contributed by atoms with Gasteiger partial charge in [-0.2, -0.15) is 0 Å². The number of halogens is 1. The van der Waals surface area contributed by atoms with Crippen LogP contribution in [0.5, 0.6) is 0 Å². The maximum atomic E-state index is 13.6. The molecule has 0 radical (unpaired) electrons. The average Bonchev–Trinajstić information content (AvgIpc) is 3.11. The molecule has 0 bridgehead atoms. The Balaban J connectivity index is 1.75. The molecule has 20 heavy (non-hydrogen) atoms. The van der Waals surface area contributed by atoms with Gasteiger partial charge in [-0.15, -0.1) is 11.8 Å². The molecule has 3 rings (SSSR count). The summed E-state index contributed by atoms with van der Waals surface area (Å²) in [6.45, 7) is 0.607. The van der Waals surface area contributed by atoms with Gasteiger partial charge in [0.15, 0.2) is 0 Å². The lowest BCUT2D eigenvalue weighted by Gasteiger charge is -2.22. The van der Waals surface area contributed by atoms with Crippen molar-refractivity contribution in [2.75, 3.05) is 17.6 Å². The molecule has 1 saturated heterocycles. The zero-order valence-electron chi connectivity index (χ0n) is 10.6. The lowest BCUT2D eigenvalue weighted by molar-refractivity contribution is 0.209. The van der Waals surface area contributed by atoms with E-state index in [1.807, 2.05) is 6.07 Å². The zero-order valence-corrected chi connectivity index (χ0v) is 11.4. The third-order valence-electron chi connectivity index (χ3n) is 3.05. The number of benzene rings is 1. The molecule has 1 aromatic carbocycles. The quantitative estimate of drug-likeness (QED) is 0.918. The largest absolute Gasteiger partial charge is 0.466 e. The summed E-state index contributed by atoms with van der Waals surface area (Å²) >= 11 is 1.63. The van der Waals surface area contributed by atoms with Crippen molar-refractivity contribution < 1.29 is 13.6 Å². The lowest BCUT2D eigenvalue weighted by atomic mass is 10.3. The first-order valence-corrected chi connectivity index (χ1v) is 7.28. The molecule has 0 aliphatic carbocycles. The van der Waals surface area contributed by atoms with Crippen LogP contribution in [0, 0.1) is 5.82 Å². The van der Waals surface area contributed by atoms with E-state index < -0.39 is 5.82 Å². The van der Waals surface area contributed by atoms with Gasteiger partial charge >= 0.3 is 6.03 Å².